The average molecular weight is 620 g/mol. The van der Waals surface area contributed by atoms with Gasteiger partial charge in [0.15, 0.2) is 5.60 Å². The quantitative estimate of drug-likeness (QED) is 0.298. The van der Waals surface area contributed by atoms with Crippen LogP contribution in [0.15, 0.2) is 54.6 Å². The highest BCUT2D eigenvalue weighted by atomic mass is 35.5. The second-order valence-electron chi connectivity index (χ2n) is 10.5. The molecule has 1 fully saturated rings. The minimum atomic E-state index is -1.59. The van der Waals surface area contributed by atoms with Gasteiger partial charge in [0.25, 0.3) is 0 Å². The minimum Gasteiger partial charge on any atom is -0.476 e. The van der Waals surface area contributed by atoms with Crippen molar-refractivity contribution in [2.75, 3.05) is 11.9 Å². The Morgan fingerprint density at radius 2 is 1.63 bits per heavy atom. The largest absolute Gasteiger partial charge is 0.476 e. The highest BCUT2D eigenvalue weighted by molar-refractivity contribution is 6.31. The number of esters is 1. The lowest BCUT2D eigenvalue weighted by molar-refractivity contribution is -0.158. The van der Waals surface area contributed by atoms with Gasteiger partial charge in [-0.25, -0.2) is 9.18 Å². The van der Waals surface area contributed by atoms with E-state index in [1.54, 1.807) is 57.2 Å². The number of fused-ring (bicyclic) bond motifs is 2. The Morgan fingerprint density at radius 1 is 1.00 bits per heavy atom. The highest BCUT2D eigenvalue weighted by Crippen LogP contribution is 2.59. The molecule has 3 atom stereocenters. The van der Waals surface area contributed by atoms with Crippen LogP contribution < -0.4 is 15.4 Å². The fourth-order valence-corrected chi connectivity index (χ4v) is 6.30. The molecule has 0 aromatic heterocycles. The molecule has 41 heavy (non-hydrogen) atoms. The van der Waals surface area contributed by atoms with Crippen molar-refractivity contribution >= 4 is 58.3 Å². The van der Waals surface area contributed by atoms with Crippen molar-refractivity contribution in [2.24, 2.45) is 0 Å². The van der Waals surface area contributed by atoms with Gasteiger partial charge in [-0.1, -0.05) is 40.9 Å². The molecule has 2 aliphatic rings. The van der Waals surface area contributed by atoms with Crippen LogP contribution in [0.25, 0.3) is 0 Å². The van der Waals surface area contributed by atoms with Crippen molar-refractivity contribution < 1.29 is 28.2 Å². The Kier molecular flexibility index (Phi) is 7.70. The van der Waals surface area contributed by atoms with E-state index in [1.165, 1.54) is 18.2 Å². The average Bonchev–Trinajstić information content (AvgIpc) is 3.18. The van der Waals surface area contributed by atoms with E-state index in [1.807, 2.05) is 0 Å². The molecular weight excluding hydrogens is 594 g/mol. The molecule has 2 aliphatic heterocycles. The van der Waals surface area contributed by atoms with E-state index in [0.717, 1.165) is 0 Å². The zero-order valence-corrected chi connectivity index (χ0v) is 24.6. The monoisotopic (exact) mass is 618 g/mol. The molecule has 2 amide bonds. The molecule has 3 unspecified atom stereocenters. The molecule has 0 aliphatic carbocycles. The molecule has 7 nitrogen and oxygen atoms in total. The number of hydrogen-bond acceptors (Lipinski definition) is 5. The number of ether oxygens (including phenoxy) is 2. The molecule has 1 spiro atoms. The van der Waals surface area contributed by atoms with Gasteiger partial charge in [-0.2, -0.15) is 0 Å². The number of nitrogens with one attached hydrogen (secondary N) is 2. The SMILES string of the molecule is CCOC(=O)C(C)(C)Oc1ccc(Cl)cc1C1CC(=O)NC(c2cc(Cl)ccc2F)C12C(=O)Nc1cc(Cl)ccc12. The van der Waals surface area contributed by atoms with Gasteiger partial charge in [-0.05, 0) is 74.9 Å². The minimum absolute atomic E-state index is 0.0323. The van der Waals surface area contributed by atoms with Gasteiger partial charge in [-0.3, -0.25) is 9.59 Å². The number of amides is 2. The summed E-state index contributed by atoms with van der Waals surface area (Å²) < 4.78 is 26.9. The molecule has 2 N–H and O–H groups in total. The summed E-state index contributed by atoms with van der Waals surface area (Å²) in [5.41, 5.74) is -1.68. The van der Waals surface area contributed by atoms with E-state index < -0.39 is 46.6 Å². The Labute approximate surface area is 251 Å². The van der Waals surface area contributed by atoms with E-state index in [9.17, 15) is 14.4 Å². The van der Waals surface area contributed by atoms with Gasteiger partial charge >= 0.3 is 5.97 Å². The number of hydrogen-bond donors (Lipinski definition) is 2. The van der Waals surface area contributed by atoms with Crippen LogP contribution in [0.4, 0.5) is 10.1 Å². The van der Waals surface area contributed by atoms with Gasteiger partial charge in [0, 0.05) is 44.2 Å². The van der Waals surface area contributed by atoms with Gasteiger partial charge in [0.1, 0.15) is 17.0 Å². The molecule has 3 aromatic carbocycles. The fourth-order valence-electron chi connectivity index (χ4n) is 5.76. The van der Waals surface area contributed by atoms with Crippen molar-refractivity contribution in [3.8, 4) is 5.75 Å². The second kappa shape index (κ2) is 10.8. The Balaban J connectivity index is 1.78. The van der Waals surface area contributed by atoms with Crippen LogP contribution in [0.5, 0.6) is 5.75 Å². The van der Waals surface area contributed by atoms with Crippen molar-refractivity contribution in [1.29, 1.82) is 0 Å². The van der Waals surface area contributed by atoms with Crippen LogP contribution in [0.3, 0.4) is 0 Å². The van der Waals surface area contributed by atoms with Gasteiger partial charge in [-0.15, -0.1) is 0 Å². The van der Waals surface area contributed by atoms with E-state index in [4.69, 9.17) is 44.3 Å². The standard InChI is InChI=1S/C30H26Cl3FN2O5/c1-4-40-28(39)29(2,3)41-24-10-7-16(32)11-18(24)21-14-25(37)36-26(19-12-15(31)6-9-22(19)34)30(21)20-8-5-17(33)13-23(20)35-27(30)38/h5-13,21,26H,4,14H2,1-3H3,(H,35,38)(H,36,37). The van der Waals surface area contributed by atoms with Crippen LogP contribution in [0, 0.1) is 5.82 Å². The van der Waals surface area contributed by atoms with Crippen molar-refractivity contribution in [1.82, 2.24) is 5.32 Å². The van der Waals surface area contributed by atoms with Crippen LogP contribution in [-0.4, -0.2) is 30.0 Å². The number of benzene rings is 3. The zero-order valence-electron chi connectivity index (χ0n) is 22.3. The molecule has 214 valence electrons. The van der Waals surface area contributed by atoms with Crippen molar-refractivity contribution in [3.63, 3.8) is 0 Å². The van der Waals surface area contributed by atoms with Crippen molar-refractivity contribution in [2.45, 2.75) is 50.2 Å². The summed E-state index contributed by atoms with van der Waals surface area (Å²) in [6.07, 6.45) is -0.176. The van der Waals surface area contributed by atoms with E-state index >= 15 is 4.39 Å². The molecule has 3 aromatic rings. The summed E-state index contributed by atoms with van der Waals surface area (Å²) in [5.74, 6) is -2.88. The summed E-state index contributed by atoms with van der Waals surface area (Å²) in [4.78, 5) is 40.3. The lowest BCUT2D eigenvalue weighted by atomic mass is 9.59. The number of halogens is 4. The predicted molar refractivity (Wildman–Crippen MR) is 154 cm³/mol. The molecule has 0 saturated carbocycles. The zero-order chi connectivity index (χ0) is 29.7. The lowest BCUT2D eigenvalue weighted by Crippen LogP contribution is -2.57. The normalized spacial score (nSPS) is 21.7. The summed E-state index contributed by atoms with van der Waals surface area (Å²) in [7, 11) is 0. The fraction of sp³-hybridized carbons (Fsp3) is 0.300. The molecular formula is C30H26Cl3FN2O5. The number of carbonyl (C=O) groups excluding carboxylic acids is 3. The smallest absolute Gasteiger partial charge is 0.349 e. The van der Waals surface area contributed by atoms with Crippen LogP contribution >= 0.6 is 34.8 Å². The van der Waals surface area contributed by atoms with E-state index in [2.05, 4.69) is 10.6 Å². The first kappa shape index (κ1) is 29.2. The molecule has 0 radical (unpaired) electrons. The van der Waals surface area contributed by atoms with Gasteiger partial charge in [0.05, 0.1) is 12.6 Å². The highest BCUT2D eigenvalue weighted by Gasteiger charge is 2.62. The van der Waals surface area contributed by atoms with Gasteiger partial charge < -0.3 is 20.1 Å². The third-order valence-corrected chi connectivity index (χ3v) is 8.20. The second-order valence-corrected chi connectivity index (χ2v) is 11.8. The summed E-state index contributed by atoms with van der Waals surface area (Å²) in [5, 5.41) is 6.66. The molecule has 2 heterocycles. The number of anilines is 1. The first-order valence-corrected chi connectivity index (χ1v) is 14.0. The maximum Gasteiger partial charge on any atom is 0.349 e. The maximum atomic E-state index is 15.5. The lowest BCUT2D eigenvalue weighted by Gasteiger charge is -2.47. The van der Waals surface area contributed by atoms with Crippen molar-refractivity contribution in [3.05, 3.63) is 92.2 Å². The first-order chi connectivity index (χ1) is 19.4. The van der Waals surface area contributed by atoms with Crippen LogP contribution in [-0.2, 0) is 24.5 Å². The Morgan fingerprint density at radius 3 is 2.34 bits per heavy atom. The third kappa shape index (κ3) is 5.02. The summed E-state index contributed by atoms with van der Waals surface area (Å²) in [6, 6.07) is 12.4. The number of piperidine rings is 1. The molecule has 1 saturated heterocycles. The van der Waals surface area contributed by atoms with Crippen LogP contribution in [0.1, 0.15) is 55.8 Å². The number of carbonyl (C=O) groups is 3. The predicted octanol–water partition coefficient (Wildman–Crippen LogP) is 6.74. The summed E-state index contributed by atoms with van der Waals surface area (Å²) in [6.45, 7) is 4.94. The summed E-state index contributed by atoms with van der Waals surface area (Å²) >= 11 is 19.0. The first-order valence-electron chi connectivity index (χ1n) is 12.9. The molecule has 11 heteroatoms. The Hall–Kier alpha value is -3.33. The Bertz CT molecular complexity index is 1580. The van der Waals surface area contributed by atoms with Crippen LogP contribution in [0.2, 0.25) is 15.1 Å². The van der Waals surface area contributed by atoms with Gasteiger partial charge in [0.2, 0.25) is 11.8 Å². The molecule has 0 bridgehead atoms. The third-order valence-electron chi connectivity index (χ3n) is 7.50. The topological polar surface area (TPSA) is 93.7 Å². The maximum absolute atomic E-state index is 15.5. The van der Waals surface area contributed by atoms with E-state index in [0.29, 0.717) is 26.9 Å². The number of rotatable bonds is 6. The van der Waals surface area contributed by atoms with E-state index in [-0.39, 0.29) is 29.4 Å². The molecule has 5 rings (SSSR count).